The Morgan fingerprint density at radius 2 is 2.00 bits per heavy atom. The maximum Gasteiger partial charge on any atom is 0.106 e. The van der Waals surface area contributed by atoms with Crippen LogP contribution in [0.25, 0.3) is 5.57 Å². The lowest BCUT2D eigenvalue weighted by Crippen LogP contribution is -1.93. The number of benzene rings is 1. The van der Waals surface area contributed by atoms with E-state index in [1.807, 2.05) is 6.07 Å². The molecule has 0 saturated carbocycles. The first-order chi connectivity index (χ1) is 8.24. The molecule has 0 bridgehead atoms. The molecule has 2 nitrogen and oxygen atoms in total. The highest BCUT2D eigenvalue weighted by molar-refractivity contribution is 5.90. The summed E-state index contributed by atoms with van der Waals surface area (Å²) in [4.78, 5) is 4.75. The zero-order chi connectivity index (χ0) is 12.3. The lowest BCUT2D eigenvalue weighted by Gasteiger charge is -2.08. The van der Waals surface area contributed by atoms with E-state index in [1.165, 1.54) is 22.3 Å². The number of hydrogen-bond donors (Lipinski definition) is 0. The first kappa shape index (κ1) is 11.6. The smallest absolute Gasteiger partial charge is 0.106 e. The van der Waals surface area contributed by atoms with Gasteiger partial charge in [-0.05, 0) is 37.0 Å². The lowest BCUT2D eigenvalue weighted by atomic mass is 9.96. The number of allylic oxidation sites excluding steroid dienone is 4. The van der Waals surface area contributed by atoms with Crippen LogP contribution in [0.2, 0.25) is 0 Å². The molecule has 0 atom stereocenters. The Morgan fingerprint density at radius 1 is 1.24 bits per heavy atom. The fourth-order valence-electron chi connectivity index (χ4n) is 2.11. The van der Waals surface area contributed by atoms with Crippen molar-refractivity contribution in [2.75, 3.05) is 7.11 Å². The second kappa shape index (κ2) is 5.00. The van der Waals surface area contributed by atoms with Gasteiger partial charge in [0.15, 0.2) is 0 Å². The molecule has 0 unspecified atom stereocenters. The number of hydrogen-bond acceptors (Lipinski definition) is 2. The average Bonchev–Trinajstić information content (AvgIpc) is 2.68. The molecular formula is C15H17NO. The summed E-state index contributed by atoms with van der Waals surface area (Å²) in [6.45, 7) is 4.34. The van der Waals surface area contributed by atoms with Gasteiger partial charge in [0, 0.05) is 5.56 Å². The lowest BCUT2D eigenvalue weighted by molar-refractivity contribution is 0.215. The third-order valence-electron chi connectivity index (χ3n) is 3.24. The summed E-state index contributed by atoms with van der Waals surface area (Å²) in [6.07, 6.45) is 5.05. The second-order valence-electron chi connectivity index (χ2n) is 4.20. The molecule has 0 heterocycles. The van der Waals surface area contributed by atoms with E-state index in [9.17, 15) is 0 Å². The molecule has 2 heteroatoms. The van der Waals surface area contributed by atoms with E-state index in [1.54, 1.807) is 13.3 Å². The van der Waals surface area contributed by atoms with Gasteiger partial charge >= 0.3 is 0 Å². The van der Waals surface area contributed by atoms with Gasteiger partial charge < -0.3 is 4.84 Å². The normalized spacial score (nSPS) is 15.6. The molecule has 1 aromatic rings. The molecule has 0 aromatic heterocycles. The highest BCUT2D eigenvalue weighted by Crippen LogP contribution is 2.34. The average molecular weight is 227 g/mol. The molecule has 88 valence electrons. The Bertz CT molecular complexity index is 509. The van der Waals surface area contributed by atoms with Gasteiger partial charge in [0.1, 0.15) is 7.11 Å². The first-order valence-electron chi connectivity index (χ1n) is 5.77. The van der Waals surface area contributed by atoms with Gasteiger partial charge in [0.05, 0.1) is 6.21 Å². The van der Waals surface area contributed by atoms with Crippen LogP contribution in [-0.2, 0) is 4.84 Å². The fraction of sp³-hybridized carbons (Fsp3) is 0.267. The summed E-state index contributed by atoms with van der Waals surface area (Å²) in [7, 11) is 1.56. The Hall–Kier alpha value is -1.83. The molecule has 1 aromatic carbocycles. The molecule has 0 fully saturated rings. The Balaban J connectivity index is 2.44. The zero-order valence-electron chi connectivity index (χ0n) is 10.5. The topological polar surface area (TPSA) is 21.6 Å². The summed E-state index contributed by atoms with van der Waals surface area (Å²) < 4.78 is 0. The minimum atomic E-state index is 1.01. The summed E-state index contributed by atoms with van der Waals surface area (Å²) in [5.74, 6) is 0. The molecule has 0 spiro atoms. The van der Waals surface area contributed by atoms with E-state index < -0.39 is 0 Å². The Kier molecular flexibility index (Phi) is 3.43. The molecule has 1 aliphatic rings. The van der Waals surface area contributed by atoms with E-state index in [-0.39, 0.29) is 0 Å². The van der Waals surface area contributed by atoms with E-state index in [2.05, 4.69) is 43.3 Å². The first-order valence-corrected chi connectivity index (χ1v) is 5.77. The van der Waals surface area contributed by atoms with Gasteiger partial charge in [-0.15, -0.1) is 0 Å². The molecule has 0 saturated heterocycles. The van der Waals surface area contributed by atoms with Crippen molar-refractivity contribution in [2.45, 2.75) is 20.3 Å². The molecule has 0 radical (unpaired) electrons. The van der Waals surface area contributed by atoms with Crippen molar-refractivity contribution in [3.05, 3.63) is 52.6 Å². The predicted molar refractivity (Wildman–Crippen MR) is 72.0 cm³/mol. The Labute approximate surface area is 102 Å². The molecule has 1 aliphatic carbocycles. The molecule has 0 amide bonds. The van der Waals surface area contributed by atoms with Crippen LogP contribution in [0.4, 0.5) is 0 Å². The summed E-state index contributed by atoms with van der Waals surface area (Å²) in [6, 6.07) is 8.28. The fourth-order valence-corrected chi connectivity index (χ4v) is 2.11. The van der Waals surface area contributed by atoms with Crippen LogP contribution in [-0.4, -0.2) is 13.3 Å². The van der Waals surface area contributed by atoms with Gasteiger partial charge in [-0.25, -0.2) is 0 Å². The van der Waals surface area contributed by atoms with Gasteiger partial charge in [0.2, 0.25) is 0 Å². The molecule has 2 rings (SSSR count). The van der Waals surface area contributed by atoms with Crippen molar-refractivity contribution in [1.82, 2.24) is 0 Å². The third-order valence-corrected chi connectivity index (χ3v) is 3.24. The van der Waals surface area contributed by atoms with Crippen LogP contribution < -0.4 is 0 Å². The van der Waals surface area contributed by atoms with Gasteiger partial charge in [-0.1, -0.05) is 41.1 Å². The van der Waals surface area contributed by atoms with Crippen molar-refractivity contribution in [2.24, 2.45) is 5.16 Å². The van der Waals surface area contributed by atoms with Crippen LogP contribution in [0.5, 0.6) is 0 Å². The van der Waals surface area contributed by atoms with E-state index >= 15 is 0 Å². The highest BCUT2D eigenvalue weighted by atomic mass is 16.6. The summed E-state index contributed by atoms with van der Waals surface area (Å²) >= 11 is 0. The SMILES string of the molecule is CON=Cc1ccccc1C1=C(C)C(C)=CC1. The molecule has 0 aliphatic heterocycles. The van der Waals surface area contributed by atoms with Crippen LogP contribution in [0, 0.1) is 0 Å². The van der Waals surface area contributed by atoms with Crippen LogP contribution in [0.3, 0.4) is 0 Å². The van der Waals surface area contributed by atoms with Crippen molar-refractivity contribution >= 4 is 11.8 Å². The Morgan fingerprint density at radius 3 is 2.65 bits per heavy atom. The van der Waals surface area contributed by atoms with Gasteiger partial charge in [0.25, 0.3) is 0 Å². The second-order valence-corrected chi connectivity index (χ2v) is 4.20. The molecule has 0 N–H and O–H groups in total. The van der Waals surface area contributed by atoms with E-state index in [4.69, 9.17) is 4.84 Å². The standard InChI is InChI=1S/C15H17NO/c1-11-8-9-14(12(11)2)15-7-5-4-6-13(15)10-16-17-3/h4-8,10H,9H2,1-3H3. The minimum absolute atomic E-state index is 1.01. The number of oxime groups is 1. The van der Waals surface area contributed by atoms with Gasteiger partial charge in [-0.3, -0.25) is 0 Å². The van der Waals surface area contributed by atoms with Crippen LogP contribution >= 0.6 is 0 Å². The quantitative estimate of drug-likeness (QED) is 0.568. The largest absolute Gasteiger partial charge is 0.399 e. The molecular weight excluding hydrogens is 210 g/mol. The van der Waals surface area contributed by atoms with Crippen LogP contribution in [0.1, 0.15) is 31.4 Å². The van der Waals surface area contributed by atoms with Crippen LogP contribution in [0.15, 0.2) is 46.6 Å². The van der Waals surface area contributed by atoms with Gasteiger partial charge in [-0.2, -0.15) is 0 Å². The maximum absolute atomic E-state index is 4.75. The number of rotatable bonds is 3. The van der Waals surface area contributed by atoms with Crippen molar-refractivity contribution in [1.29, 1.82) is 0 Å². The van der Waals surface area contributed by atoms with Crippen molar-refractivity contribution < 1.29 is 4.84 Å². The number of nitrogens with zero attached hydrogens (tertiary/aromatic N) is 1. The zero-order valence-corrected chi connectivity index (χ0v) is 10.5. The summed E-state index contributed by atoms with van der Waals surface area (Å²) in [5.41, 5.74) is 6.49. The minimum Gasteiger partial charge on any atom is -0.399 e. The van der Waals surface area contributed by atoms with E-state index in [0.717, 1.165) is 12.0 Å². The van der Waals surface area contributed by atoms with Crippen molar-refractivity contribution in [3.8, 4) is 0 Å². The monoisotopic (exact) mass is 227 g/mol. The van der Waals surface area contributed by atoms with Crippen molar-refractivity contribution in [3.63, 3.8) is 0 Å². The molecule has 17 heavy (non-hydrogen) atoms. The third kappa shape index (κ3) is 2.31. The maximum atomic E-state index is 4.75. The summed E-state index contributed by atoms with van der Waals surface area (Å²) in [5, 5.41) is 3.85. The highest BCUT2D eigenvalue weighted by Gasteiger charge is 2.14. The predicted octanol–water partition coefficient (Wildman–Crippen LogP) is 3.79. The van der Waals surface area contributed by atoms with E-state index in [0.29, 0.717) is 0 Å².